The first-order valence-electron chi connectivity index (χ1n) is 4.52. The fourth-order valence-corrected chi connectivity index (χ4v) is 1.84. The SMILES string of the molecule is CC1(C)OC[C@H](C#Cc2cccs2)O1. The van der Waals surface area contributed by atoms with Crippen LogP contribution in [0.2, 0.25) is 0 Å². The smallest absolute Gasteiger partial charge is 0.164 e. The van der Waals surface area contributed by atoms with Gasteiger partial charge in [-0.3, -0.25) is 0 Å². The van der Waals surface area contributed by atoms with Crippen LogP contribution in [0, 0.1) is 11.8 Å². The van der Waals surface area contributed by atoms with Gasteiger partial charge in [-0.15, -0.1) is 11.3 Å². The van der Waals surface area contributed by atoms with Gasteiger partial charge in [0.15, 0.2) is 5.79 Å². The molecular formula is C11H12O2S. The minimum absolute atomic E-state index is 0.0906. The second-order valence-corrected chi connectivity index (χ2v) is 4.51. The lowest BCUT2D eigenvalue weighted by Crippen LogP contribution is -2.20. The fourth-order valence-electron chi connectivity index (χ4n) is 1.26. The summed E-state index contributed by atoms with van der Waals surface area (Å²) in [5.74, 6) is 5.64. The van der Waals surface area contributed by atoms with Crippen LogP contribution < -0.4 is 0 Å². The highest BCUT2D eigenvalue weighted by atomic mass is 32.1. The highest BCUT2D eigenvalue weighted by molar-refractivity contribution is 7.10. The van der Waals surface area contributed by atoms with E-state index in [1.165, 1.54) is 0 Å². The zero-order chi connectivity index (χ0) is 10.0. The molecule has 1 fully saturated rings. The maximum absolute atomic E-state index is 5.56. The summed E-state index contributed by atoms with van der Waals surface area (Å²) in [6.45, 7) is 4.37. The van der Waals surface area contributed by atoms with Crippen molar-refractivity contribution >= 4 is 11.3 Å². The molecular weight excluding hydrogens is 196 g/mol. The zero-order valence-electron chi connectivity index (χ0n) is 8.24. The molecule has 2 nitrogen and oxygen atoms in total. The number of hydrogen-bond donors (Lipinski definition) is 0. The first-order valence-corrected chi connectivity index (χ1v) is 5.40. The standard InChI is InChI=1S/C11H12O2S/c1-11(2)12-8-9(13-11)5-6-10-4-3-7-14-10/h3-4,7,9H,8H2,1-2H3/t9-/m0/s1. The quantitative estimate of drug-likeness (QED) is 0.609. The van der Waals surface area contributed by atoms with Crippen LogP contribution in [0.5, 0.6) is 0 Å². The van der Waals surface area contributed by atoms with Crippen molar-refractivity contribution in [3.05, 3.63) is 22.4 Å². The Kier molecular flexibility index (Phi) is 2.60. The van der Waals surface area contributed by atoms with E-state index in [9.17, 15) is 0 Å². The van der Waals surface area contributed by atoms with Gasteiger partial charge in [0.1, 0.15) is 6.10 Å². The molecule has 2 heterocycles. The van der Waals surface area contributed by atoms with E-state index in [0.29, 0.717) is 6.61 Å². The number of thiophene rings is 1. The summed E-state index contributed by atoms with van der Waals surface area (Å²) >= 11 is 1.64. The van der Waals surface area contributed by atoms with Crippen molar-refractivity contribution in [3.8, 4) is 11.8 Å². The lowest BCUT2D eigenvalue weighted by atomic mass is 10.3. The van der Waals surface area contributed by atoms with Crippen molar-refractivity contribution in [1.29, 1.82) is 0 Å². The summed E-state index contributed by atoms with van der Waals surface area (Å²) in [6.07, 6.45) is -0.0906. The monoisotopic (exact) mass is 208 g/mol. The van der Waals surface area contributed by atoms with E-state index >= 15 is 0 Å². The third-order valence-corrected chi connectivity index (χ3v) is 2.67. The lowest BCUT2D eigenvalue weighted by molar-refractivity contribution is -0.132. The zero-order valence-corrected chi connectivity index (χ0v) is 9.06. The summed E-state index contributed by atoms with van der Waals surface area (Å²) in [5.41, 5.74) is 0. The van der Waals surface area contributed by atoms with Crippen LogP contribution in [0.3, 0.4) is 0 Å². The molecule has 0 amide bonds. The molecule has 1 saturated heterocycles. The van der Waals surface area contributed by atoms with Crippen molar-refractivity contribution in [2.75, 3.05) is 6.61 Å². The van der Waals surface area contributed by atoms with E-state index in [4.69, 9.17) is 9.47 Å². The molecule has 0 spiro atoms. The molecule has 74 valence electrons. The molecule has 0 radical (unpaired) electrons. The molecule has 0 bridgehead atoms. The van der Waals surface area contributed by atoms with Gasteiger partial charge in [-0.1, -0.05) is 17.9 Å². The third kappa shape index (κ3) is 2.36. The minimum atomic E-state index is -0.477. The van der Waals surface area contributed by atoms with Crippen LogP contribution in [0.15, 0.2) is 17.5 Å². The van der Waals surface area contributed by atoms with Gasteiger partial charge in [0.05, 0.1) is 11.5 Å². The van der Waals surface area contributed by atoms with E-state index in [1.54, 1.807) is 11.3 Å². The van der Waals surface area contributed by atoms with Crippen molar-refractivity contribution in [2.24, 2.45) is 0 Å². The Morgan fingerprint density at radius 1 is 1.57 bits per heavy atom. The Hall–Kier alpha value is -0.820. The summed E-state index contributed by atoms with van der Waals surface area (Å²) in [7, 11) is 0. The highest BCUT2D eigenvalue weighted by Gasteiger charge is 2.31. The maximum Gasteiger partial charge on any atom is 0.164 e. The molecule has 1 aliphatic rings. The van der Waals surface area contributed by atoms with Gasteiger partial charge < -0.3 is 9.47 Å². The molecule has 1 aromatic heterocycles. The van der Waals surface area contributed by atoms with Crippen molar-refractivity contribution in [3.63, 3.8) is 0 Å². The van der Waals surface area contributed by atoms with E-state index < -0.39 is 5.79 Å². The summed E-state index contributed by atoms with van der Waals surface area (Å²) in [5, 5.41) is 2.01. The van der Waals surface area contributed by atoms with Gasteiger partial charge >= 0.3 is 0 Å². The van der Waals surface area contributed by atoms with Crippen LogP contribution in [-0.2, 0) is 9.47 Å². The topological polar surface area (TPSA) is 18.5 Å². The van der Waals surface area contributed by atoms with Crippen LogP contribution in [-0.4, -0.2) is 18.5 Å². The Morgan fingerprint density at radius 3 is 3.00 bits per heavy atom. The van der Waals surface area contributed by atoms with E-state index in [1.807, 2.05) is 31.4 Å². The molecule has 0 N–H and O–H groups in total. The van der Waals surface area contributed by atoms with Crippen molar-refractivity contribution in [2.45, 2.75) is 25.7 Å². The molecule has 0 unspecified atom stereocenters. The second kappa shape index (κ2) is 3.74. The summed E-state index contributed by atoms with van der Waals surface area (Å²) in [4.78, 5) is 1.07. The molecule has 0 aliphatic carbocycles. The van der Waals surface area contributed by atoms with E-state index in [0.717, 1.165) is 4.88 Å². The average Bonchev–Trinajstić information content (AvgIpc) is 2.70. The van der Waals surface area contributed by atoms with Gasteiger partial charge in [-0.05, 0) is 25.3 Å². The Balaban J connectivity index is 1.99. The van der Waals surface area contributed by atoms with E-state index in [2.05, 4.69) is 11.8 Å². The first-order chi connectivity index (χ1) is 6.66. The maximum atomic E-state index is 5.56. The molecule has 0 saturated carbocycles. The molecule has 1 aromatic rings. The van der Waals surface area contributed by atoms with Crippen molar-refractivity contribution in [1.82, 2.24) is 0 Å². The van der Waals surface area contributed by atoms with Crippen LogP contribution in [0.1, 0.15) is 18.7 Å². The Bertz CT molecular complexity index is 356. The molecule has 1 atom stereocenters. The average molecular weight is 208 g/mol. The number of ether oxygens (including phenoxy) is 2. The fraction of sp³-hybridized carbons (Fsp3) is 0.455. The van der Waals surface area contributed by atoms with Gasteiger partial charge in [0.25, 0.3) is 0 Å². The second-order valence-electron chi connectivity index (χ2n) is 3.56. The molecule has 3 heteroatoms. The summed E-state index contributed by atoms with van der Waals surface area (Å²) in [6, 6.07) is 3.99. The third-order valence-electron chi connectivity index (χ3n) is 1.89. The van der Waals surface area contributed by atoms with Crippen LogP contribution in [0.4, 0.5) is 0 Å². The highest BCUT2D eigenvalue weighted by Crippen LogP contribution is 2.21. The van der Waals surface area contributed by atoms with Crippen LogP contribution >= 0.6 is 11.3 Å². The van der Waals surface area contributed by atoms with Gasteiger partial charge in [-0.25, -0.2) is 0 Å². The Morgan fingerprint density at radius 2 is 2.43 bits per heavy atom. The molecule has 0 aromatic carbocycles. The predicted molar refractivity (Wildman–Crippen MR) is 56.1 cm³/mol. The lowest BCUT2D eigenvalue weighted by Gasteiger charge is -2.14. The van der Waals surface area contributed by atoms with Crippen molar-refractivity contribution < 1.29 is 9.47 Å². The first kappa shape index (κ1) is 9.72. The summed E-state index contributed by atoms with van der Waals surface area (Å²) < 4.78 is 11.0. The van der Waals surface area contributed by atoms with Gasteiger partial charge in [0.2, 0.25) is 0 Å². The van der Waals surface area contributed by atoms with Crippen LogP contribution in [0.25, 0.3) is 0 Å². The normalized spacial score (nSPS) is 24.3. The molecule has 14 heavy (non-hydrogen) atoms. The minimum Gasteiger partial charge on any atom is -0.347 e. The Labute approximate surface area is 87.8 Å². The predicted octanol–water partition coefficient (Wildman–Crippen LogP) is 2.25. The van der Waals surface area contributed by atoms with Gasteiger partial charge in [0, 0.05) is 0 Å². The van der Waals surface area contributed by atoms with E-state index in [-0.39, 0.29) is 6.10 Å². The number of rotatable bonds is 0. The van der Waals surface area contributed by atoms with Gasteiger partial charge in [-0.2, -0.15) is 0 Å². The molecule has 1 aliphatic heterocycles. The largest absolute Gasteiger partial charge is 0.347 e. The molecule has 2 rings (SSSR count). The number of hydrogen-bond acceptors (Lipinski definition) is 3.